The van der Waals surface area contributed by atoms with E-state index in [1.165, 1.54) is 12.1 Å². The largest absolute Gasteiger partial charge is 0.490 e. The average Bonchev–Trinajstić information content (AvgIpc) is 2.98. The number of halogens is 1. The number of nitrogens with zero attached hydrogens (tertiary/aromatic N) is 1. The zero-order valence-electron chi connectivity index (χ0n) is 18.6. The second-order valence-corrected chi connectivity index (χ2v) is 7.85. The summed E-state index contributed by atoms with van der Waals surface area (Å²) in [5, 5.41) is 9.38. The highest BCUT2D eigenvalue weighted by atomic mass is 19.1. The Morgan fingerprint density at radius 3 is 2.72 bits per heavy atom. The zero-order valence-corrected chi connectivity index (χ0v) is 18.6. The third-order valence-electron chi connectivity index (χ3n) is 4.66. The van der Waals surface area contributed by atoms with Gasteiger partial charge in [-0.05, 0) is 50.1 Å². The van der Waals surface area contributed by atoms with Crippen LogP contribution in [0.4, 0.5) is 10.1 Å². The number of hydrogen-bond donors (Lipinski definition) is 3. The second-order valence-electron chi connectivity index (χ2n) is 7.85. The van der Waals surface area contributed by atoms with Gasteiger partial charge in [-0.3, -0.25) is 9.79 Å². The summed E-state index contributed by atoms with van der Waals surface area (Å²) in [5.74, 6) is 1.64. The van der Waals surface area contributed by atoms with Crippen LogP contribution in [-0.4, -0.2) is 44.2 Å². The SMILES string of the molecule is CC(C)NC(=O)CCN=C(NCCc1cccc(F)c1)Nc1ccc2c(c1)OCCCO2. The van der Waals surface area contributed by atoms with Crippen molar-refractivity contribution in [2.75, 3.05) is 31.6 Å². The van der Waals surface area contributed by atoms with E-state index in [9.17, 15) is 9.18 Å². The maximum absolute atomic E-state index is 13.4. The van der Waals surface area contributed by atoms with E-state index >= 15 is 0 Å². The van der Waals surface area contributed by atoms with Gasteiger partial charge in [0.25, 0.3) is 0 Å². The van der Waals surface area contributed by atoms with Crippen LogP contribution in [0.15, 0.2) is 47.5 Å². The molecule has 0 bridgehead atoms. The second kappa shape index (κ2) is 11.9. The molecule has 7 nitrogen and oxygen atoms in total. The molecule has 0 spiro atoms. The van der Waals surface area contributed by atoms with Gasteiger partial charge in [-0.25, -0.2) is 4.39 Å². The standard InChI is InChI=1S/C24H31FN4O3/c1-17(2)28-23(30)10-12-27-24(26-11-9-18-5-3-6-19(25)15-18)29-20-7-8-21-22(16-20)32-14-4-13-31-21/h3,5-8,15-17H,4,9-14H2,1-2H3,(H,28,30)(H2,26,27,29). The number of nitrogens with one attached hydrogen (secondary N) is 3. The average molecular weight is 443 g/mol. The van der Waals surface area contributed by atoms with Gasteiger partial charge in [0.15, 0.2) is 17.5 Å². The van der Waals surface area contributed by atoms with E-state index < -0.39 is 0 Å². The number of carbonyl (C=O) groups is 1. The first kappa shape index (κ1) is 23.4. The monoisotopic (exact) mass is 442 g/mol. The number of rotatable bonds is 8. The molecular formula is C24H31FN4O3. The van der Waals surface area contributed by atoms with Gasteiger partial charge in [0.05, 0.1) is 19.8 Å². The number of aliphatic imine (C=N–C) groups is 1. The van der Waals surface area contributed by atoms with Crippen molar-refractivity contribution in [1.29, 1.82) is 0 Å². The van der Waals surface area contributed by atoms with Crippen LogP contribution in [0.2, 0.25) is 0 Å². The fourth-order valence-corrected chi connectivity index (χ4v) is 3.20. The molecule has 0 unspecified atom stereocenters. The normalized spacial score (nSPS) is 13.4. The lowest BCUT2D eigenvalue weighted by Crippen LogP contribution is -2.33. The lowest BCUT2D eigenvalue weighted by Gasteiger charge is -2.15. The molecule has 3 rings (SSSR count). The lowest BCUT2D eigenvalue weighted by atomic mass is 10.1. The molecule has 0 aromatic heterocycles. The highest BCUT2D eigenvalue weighted by molar-refractivity contribution is 5.94. The molecule has 3 N–H and O–H groups in total. The van der Waals surface area contributed by atoms with Crippen LogP contribution in [0.5, 0.6) is 11.5 Å². The molecule has 0 fully saturated rings. The molecule has 1 heterocycles. The van der Waals surface area contributed by atoms with E-state index in [1.807, 2.05) is 38.1 Å². The van der Waals surface area contributed by atoms with Gasteiger partial charge < -0.3 is 25.4 Å². The lowest BCUT2D eigenvalue weighted by molar-refractivity contribution is -0.121. The van der Waals surface area contributed by atoms with Gasteiger partial charge in [-0.15, -0.1) is 0 Å². The van der Waals surface area contributed by atoms with Crippen molar-refractivity contribution >= 4 is 17.6 Å². The smallest absolute Gasteiger partial charge is 0.222 e. The third kappa shape index (κ3) is 7.76. The van der Waals surface area contributed by atoms with Crippen LogP contribution in [0, 0.1) is 5.82 Å². The van der Waals surface area contributed by atoms with Crippen molar-refractivity contribution in [3.05, 3.63) is 53.8 Å². The molecule has 1 aliphatic rings. The van der Waals surface area contributed by atoms with Gasteiger partial charge >= 0.3 is 0 Å². The summed E-state index contributed by atoms with van der Waals surface area (Å²) in [6.45, 7) is 5.97. The number of hydrogen-bond acceptors (Lipinski definition) is 4. The van der Waals surface area contributed by atoms with Crippen LogP contribution in [-0.2, 0) is 11.2 Å². The summed E-state index contributed by atoms with van der Waals surface area (Å²) in [7, 11) is 0. The minimum atomic E-state index is -0.252. The summed E-state index contributed by atoms with van der Waals surface area (Å²) >= 11 is 0. The summed E-state index contributed by atoms with van der Waals surface area (Å²) in [5.41, 5.74) is 1.68. The molecule has 0 atom stereocenters. The molecule has 32 heavy (non-hydrogen) atoms. The summed E-state index contributed by atoms with van der Waals surface area (Å²) in [6.07, 6.45) is 1.76. The predicted molar refractivity (Wildman–Crippen MR) is 124 cm³/mol. The predicted octanol–water partition coefficient (Wildman–Crippen LogP) is 3.50. The number of amides is 1. The zero-order chi connectivity index (χ0) is 22.8. The van der Waals surface area contributed by atoms with Crippen LogP contribution in [0.25, 0.3) is 0 Å². The van der Waals surface area contributed by atoms with Crippen molar-refractivity contribution < 1.29 is 18.7 Å². The van der Waals surface area contributed by atoms with Crippen molar-refractivity contribution in [2.24, 2.45) is 4.99 Å². The Morgan fingerprint density at radius 2 is 1.94 bits per heavy atom. The summed E-state index contributed by atoms with van der Waals surface area (Å²) in [6, 6.07) is 12.2. The van der Waals surface area contributed by atoms with Crippen LogP contribution in [0.1, 0.15) is 32.3 Å². The Hall–Kier alpha value is -3.29. The molecule has 0 saturated heterocycles. The maximum atomic E-state index is 13.4. The first-order chi connectivity index (χ1) is 15.5. The summed E-state index contributed by atoms with van der Waals surface area (Å²) < 4.78 is 24.9. The number of benzene rings is 2. The van der Waals surface area contributed by atoms with E-state index in [0.29, 0.717) is 44.4 Å². The van der Waals surface area contributed by atoms with Crippen LogP contribution in [0.3, 0.4) is 0 Å². The van der Waals surface area contributed by atoms with Crippen molar-refractivity contribution in [3.63, 3.8) is 0 Å². The van der Waals surface area contributed by atoms with E-state index in [-0.39, 0.29) is 24.2 Å². The Morgan fingerprint density at radius 1 is 1.12 bits per heavy atom. The Balaban J connectivity index is 1.64. The Kier molecular flexibility index (Phi) is 8.71. The Bertz CT molecular complexity index is 933. The molecule has 8 heteroatoms. The quantitative estimate of drug-likeness (QED) is 0.431. The molecule has 0 saturated carbocycles. The highest BCUT2D eigenvalue weighted by Crippen LogP contribution is 2.32. The van der Waals surface area contributed by atoms with E-state index in [0.717, 1.165) is 23.4 Å². The van der Waals surface area contributed by atoms with Crippen molar-refractivity contribution in [1.82, 2.24) is 10.6 Å². The topological polar surface area (TPSA) is 84.0 Å². The molecule has 0 aliphatic carbocycles. The molecule has 2 aromatic rings. The minimum absolute atomic E-state index is 0.0431. The maximum Gasteiger partial charge on any atom is 0.222 e. The van der Waals surface area contributed by atoms with E-state index in [2.05, 4.69) is 20.9 Å². The fourth-order valence-electron chi connectivity index (χ4n) is 3.20. The molecule has 2 aromatic carbocycles. The van der Waals surface area contributed by atoms with Crippen molar-refractivity contribution in [2.45, 2.75) is 39.2 Å². The van der Waals surface area contributed by atoms with Gasteiger partial charge in [0.1, 0.15) is 5.82 Å². The molecular weight excluding hydrogens is 411 g/mol. The first-order valence-electron chi connectivity index (χ1n) is 11.0. The minimum Gasteiger partial charge on any atom is -0.490 e. The molecule has 0 radical (unpaired) electrons. The number of carbonyl (C=O) groups excluding carboxylic acids is 1. The number of anilines is 1. The van der Waals surface area contributed by atoms with Crippen LogP contribution >= 0.6 is 0 Å². The molecule has 1 amide bonds. The first-order valence-corrected chi connectivity index (χ1v) is 11.0. The van der Waals surface area contributed by atoms with Gasteiger partial charge in [0.2, 0.25) is 5.91 Å². The molecule has 172 valence electrons. The number of ether oxygens (including phenoxy) is 2. The van der Waals surface area contributed by atoms with Gasteiger partial charge in [-0.1, -0.05) is 12.1 Å². The fraction of sp³-hybridized carbons (Fsp3) is 0.417. The summed E-state index contributed by atoms with van der Waals surface area (Å²) in [4.78, 5) is 16.5. The Labute approximate surface area is 188 Å². The van der Waals surface area contributed by atoms with Crippen LogP contribution < -0.4 is 25.4 Å². The van der Waals surface area contributed by atoms with E-state index in [4.69, 9.17) is 9.47 Å². The van der Waals surface area contributed by atoms with Crippen molar-refractivity contribution in [3.8, 4) is 11.5 Å². The number of guanidine groups is 1. The van der Waals surface area contributed by atoms with E-state index in [1.54, 1.807) is 6.07 Å². The van der Waals surface area contributed by atoms with Gasteiger partial charge in [-0.2, -0.15) is 0 Å². The molecule has 1 aliphatic heterocycles. The third-order valence-corrected chi connectivity index (χ3v) is 4.66. The number of fused-ring (bicyclic) bond motifs is 1. The highest BCUT2D eigenvalue weighted by Gasteiger charge is 2.12. The van der Waals surface area contributed by atoms with Gasteiger partial charge in [0, 0.05) is 37.2 Å².